The Morgan fingerprint density at radius 1 is 1.25 bits per heavy atom. The van der Waals surface area contributed by atoms with Crippen molar-refractivity contribution in [2.45, 2.75) is 52.7 Å². The minimum absolute atomic E-state index is 0.293. The van der Waals surface area contributed by atoms with Gasteiger partial charge < -0.3 is 14.3 Å². The Labute approximate surface area is 98.9 Å². The molecule has 0 unspecified atom stereocenters. The van der Waals surface area contributed by atoms with Crippen LogP contribution in [0, 0.1) is 0 Å². The van der Waals surface area contributed by atoms with Crippen molar-refractivity contribution >= 4 is 7.12 Å². The fraction of sp³-hybridized carbons (Fsp3) is 0.818. The lowest BCUT2D eigenvalue weighted by molar-refractivity contribution is 0.00578. The van der Waals surface area contributed by atoms with E-state index in [1.807, 2.05) is 47.7 Å². The lowest BCUT2D eigenvalue weighted by atomic mass is 9.80. The Morgan fingerprint density at radius 2 is 1.69 bits per heavy atom. The van der Waals surface area contributed by atoms with Gasteiger partial charge in [-0.3, -0.25) is 0 Å². The molecule has 0 spiro atoms. The number of hydrogen-bond acceptors (Lipinski definition) is 4. The van der Waals surface area contributed by atoms with Gasteiger partial charge in [-0.25, -0.2) is 5.84 Å². The van der Waals surface area contributed by atoms with Crippen molar-refractivity contribution in [3.63, 3.8) is 0 Å². The summed E-state index contributed by atoms with van der Waals surface area (Å²) in [4.78, 5) is 0. The van der Waals surface area contributed by atoms with Gasteiger partial charge in [-0.1, -0.05) is 0 Å². The van der Waals surface area contributed by atoms with Gasteiger partial charge in [-0.15, -0.1) is 0 Å². The van der Waals surface area contributed by atoms with E-state index in [-0.39, 0.29) is 18.3 Å². The van der Waals surface area contributed by atoms with Gasteiger partial charge in [0.05, 0.1) is 11.2 Å². The van der Waals surface area contributed by atoms with E-state index in [0.717, 1.165) is 12.0 Å². The average molecular weight is 226 g/mol. The number of rotatable bonds is 3. The molecule has 2 N–H and O–H groups in total. The summed E-state index contributed by atoms with van der Waals surface area (Å²) >= 11 is 0. The smallest absolute Gasteiger partial charge is 0.400 e. The van der Waals surface area contributed by atoms with Gasteiger partial charge in [0.25, 0.3) is 0 Å². The average Bonchev–Trinajstić information content (AvgIpc) is 2.36. The molecule has 4 nitrogen and oxygen atoms in total. The predicted octanol–water partition coefficient (Wildman–Crippen LogP) is 1.72. The molecule has 1 saturated heterocycles. The van der Waals surface area contributed by atoms with Crippen LogP contribution in [0.3, 0.4) is 0 Å². The van der Waals surface area contributed by atoms with E-state index in [1.165, 1.54) is 0 Å². The maximum Gasteiger partial charge on any atom is 0.491 e. The zero-order valence-corrected chi connectivity index (χ0v) is 11.2. The number of allylic oxidation sites excluding steroid dienone is 1. The number of nitrogens with zero attached hydrogens (tertiary/aromatic N) is 1. The zero-order chi connectivity index (χ0) is 12.6. The van der Waals surface area contributed by atoms with E-state index in [9.17, 15) is 0 Å². The molecule has 1 heterocycles. The second-order valence-electron chi connectivity index (χ2n) is 5.29. The van der Waals surface area contributed by atoms with E-state index in [2.05, 4.69) is 0 Å². The van der Waals surface area contributed by atoms with E-state index in [4.69, 9.17) is 15.2 Å². The topological polar surface area (TPSA) is 47.7 Å². The van der Waals surface area contributed by atoms with Gasteiger partial charge in [0, 0.05) is 12.7 Å². The molecule has 5 heteroatoms. The van der Waals surface area contributed by atoms with E-state index in [0.29, 0.717) is 0 Å². The standard InChI is InChI=1S/C11H23BN2O2/c1-7-14(13)8-9(2)12-15-10(3,4)11(5,6)16-12/h8H,7,13H2,1-6H3/b9-8+. The van der Waals surface area contributed by atoms with Crippen molar-refractivity contribution in [2.75, 3.05) is 6.54 Å². The molecule has 1 rings (SSSR count). The Bertz CT molecular complexity index is 274. The van der Waals surface area contributed by atoms with Crippen LogP contribution in [0.15, 0.2) is 11.7 Å². The molecule has 0 atom stereocenters. The first-order chi connectivity index (χ1) is 7.19. The van der Waals surface area contributed by atoms with Crippen molar-refractivity contribution < 1.29 is 9.31 Å². The molecule has 16 heavy (non-hydrogen) atoms. The molecule has 0 amide bonds. The van der Waals surface area contributed by atoms with Gasteiger partial charge in [0.2, 0.25) is 0 Å². The second kappa shape index (κ2) is 4.39. The molecule has 1 aliphatic rings. The molecule has 0 aromatic carbocycles. The molecule has 0 aromatic heterocycles. The van der Waals surface area contributed by atoms with Crippen LogP contribution in [-0.4, -0.2) is 29.9 Å². The summed E-state index contributed by atoms with van der Waals surface area (Å²) in [5.41, 5.74) is 0.402. The van der Waals surface area contributed by atoms with E-state index in [1.54, 1.807) is 5.01 Å². The molecule has 0 bridgehead atoms. The summed E-state index contributed by atoms with van der Waals surface area (Å²) in [7, 11) is -0.303. The molecule has 1 fully saturated rings. The third kappa shape index (κ3) is 2.59. The van der Waals surface area contributed by atoms with Crippen molar-refractivity contribution in [3.8, 4) is 0 Å². The highest BCUT2D eigenvalue weighted by Crippen LogP contribution is 2.38. The molecular weight excluding hydrogens is 203 g/mol. The van der Waals surface area contributed by atoms with Crippen LogP contribution in [0.4, 0.5) is 0 Å². The number of hydrogen-bond donors (Lipinski definition) is 1. The van der Waals surface area contributed by atoms with E-state index < -0.39 is 0 Å². The number of nitrogens with two attached hydrogens (primary N) is 1. The van der Waals surface area contributed by atoms with Crippen LogP contribution in [0.25, 0.3) is 0 Å². The second-order valence-corrected chi connectivity index (χ2v) is 5.29. The SMILES string of the molecule is CCN(N)/C=C(\C)B1OC(C)(C)C(C)(C)O1. The lowest BCUT2D eigenvalue weighted by Gasteiger charge is -2.32. The maximum atomic E-state index is 5.90. The summed E-state index contributed by atoms with van der Waals surface area (Å²) in [6.45, 7) is 12.9. The third-order valence-electron chi connectivity index (χ3n) is 3.36. The van der Waals surface area contributed by atoms with Gasteiger partial charge in [-0.05, 0) is 47.0 Å². The largest absolute Gasteiger partial charge is 0.491 e. The maximum absolute atomic E-state index is 5.90. The summed E-state index contributed by atoms with van der Waals surface area (Å²) in [6, 6.07) is 0. The van der Waals surface area contributed by atoms with Crippen molar-refractivity contribution in [3.05, 3.63) is 11.7 Å². The fourth-order valence-corrected chi connectivity index (χ4v) is 1.44. The zero-order valence-electron chi connectivity index (χ0n) is 11.2. The Kier molecular flexibility index (Phi) is 3.72. The Hall–Kier alpha value is -0.515. The molecule has 0 saturated carbocycles. The van der Waals surface area contributed by atoms with Crippen LogP contribution in [0.1, 0.15) is 41.5 Å². The summed E-state index contributed by atoms with van der Waals surface area (Å²) in [6.07, 6.45) is 1.86. The van der Waals surface area contributed by atoms with Crippen molar-refractivity contribution in [2.24, 2.45) is 5.84 Å². The highest BCUT2D eigenvalue weighted by molar-refractivity contribution is 6.54. The highest BCUT2D eigenvalue weighted by Gasteiger charge is 2.51. The van der Waals surface area contributed by atoms with Gasteiger partial charge in [-0.2, -0.15) is 0 Å². The van der Waals surface area contributed by atoms with Crippen LogP contribution < -0.4 is 5.84 Å². The van der Waals surface area contributed by atoms with Crippen LogP contribution in [0.5, 0.6) is 0 Å². The monoisotopic (exact) mass is 226 g/mol. The quantitative estimate of drug-likeness (QED) is 0.452. The fourth-order valence-electron chi connectivity index (χ4n) is 1.44. The van der Waals surface area contributed by atoms with Crippen molar-refractivity contribution in [1.82, 2.24) is 5.01 Å². The minimum Gasteiger partial charge on any atom is -0.400 e. The van der Waals surface area contributed by atoms with Gasteiger partial charge in [0.15, 0.2) is 0 Å². The lowest BCUT2D eigenvalue weighted by Crippen LogP contribution is -2.41. The van der Waals surface area contributed by atoms with Crippen LogP contribution in [0.2, 0.25) is 0 Å². The Balaban J connectivity index is 2.76. The molecule has 1 aliphatic heterocycles. The summed E-state index contributed by atoms with van der Waals surface area (Å²) in [5.74, 6) is 5.72. The van der Waals surface area contributed by atoms with Crippen LogP contribution >= 0.6 is 0 Å². The van der Waals surface area contributed by atoms with Crippen LogP contribution in [-0.2, 0) is 9.31 Å². The first-order valence-electron chi connectivity index (χ1n) is 5.75. The molecule has 0 aliphatic carbocycles. The molecule has 0 radical (unpaired) electrons. The van der Waals surface area contributed by atoms with E-state index >= 15 is 0 Å². The van der Waals surface area contributed by atoms with Gasteiger partial charge >= 0.3 is 7.12 Å². The first-order valence-corrected chi connectivity index (χ1v) is 5.75. The van der Waals surface area contributed by atoms with Crippen molar-refractivity contribution in [1.29, 1.82) is 0 Å². The molecular formula is C11H23BN2O2. The summed E-state index contributed by atoms with van der Waals surface area (Å²) in [5, 5.41) is 1.63. The predicted molar refractivity (Wildman–Crippen MR) is 66.4 cm³/mol. The first kappa shape index (κ1) is 13.5. The number of hydrazine groups is 1. The normalized spacial score (nSPS) is 23.7. The highest BCUT2D eigenvalue weighted by atomic mass is 16.7. The minimum atomic E-state index is -0.303. The molecule has 92 valence electrons. The molecule has 0 aromatic rings. The van der Waals surface area contributed by atoms with Gasteiger partial charge in [0.1, 0.15) is 0 Å². The Morgan fingerprint density at radius 3 is 2.06 bits per heavy atom. The third-order valence-corrected chi connectivity index (χ3v) is 3.36. The summed E-state index contributed by atoms with van der Waals surface area (Å²) < 4.78 is 11.8.